The standard InChI is InChI=1S/C74H141NO10/c1-3-5-7-9-11-13-15-16-39-42-46-50-54-58-62-70(79)83-63-59-55-51-47-43-40-37-35-33-31-29-27-25-23-21-19-17-18-20-22-24-26-28-30-32-34-36-38-41-45-49-53-57-61-69(78)75-66(65-84-74-73(82)72(81)71(80)68(64-76)85-74)67(77)60-56-52-48-44-14-12-10-8-6-4-2/h15-16,56,60,66-68,71-74,76-77,80-82H,3-14,17-55,57-59,61-65H2,1-2H3,(H,75,78)/b16-15-,60-56+. The van der Waals surface area contributed by atoms with Crippen LogP contribution < -0.4 is 5.32 Å². The Labute approximate surface area is 524 Å². The van der Waals surface area contributed by atoms with Gasteiger partial charge in [0, 0.05) is 12.8 Å². The lowest BCUT2D eigenvalue weighted by molar-refractivity contribution is -0.302. The monoisotopic (exact) mass is 1200 g/mol. The number of allylic oxidation sites excluding steroid dienone is 3. The van der Waals surface area contributed by atoms with Gasteiger partial charge in [-0.15, -0.1) is 0 Å². The van der Waals surface area contributed by atoms with Gasteiger partial charge in [0.25, 0.3) is 0 Å². The molecule has 0 aromatic rings. The van der Waals surface area contributed by atoms with Crippen molar-refractivity contribution in [3.8, 4) is 0 Å². The van der Waals surface area contributed by atoms with Crippen molar-refractivity contribution in [2.75, 3.05) is 19.8 Å². The number of amides is 1. The molecule has 1 saturated heterocycles. The summed E-state index contributed by atoms with van der Waals surface area (Å²) >= 11 is 0. The first-order chi connectivity index (χ1) is 41.7. The van der Waals surface area contributed by atoms with E-state index in [1.165, 1.54) is 289 Å². The quantitative estimate of drug-likeness (QED) is 0.0195. The van der Waals surface area contributed by atoms with Gasteiger partial charge in [-0.3, -0.25) is 9.59 Å². The van der Waals surface area contributed by atoms with Gasteiger partial charge < -0.3 is 45.1 Å². The summed E-state index contributed by atoms with van der Waals surface area (Å²) < 4.78 is 16.7. The number of rotatable bonds is 66. The zero-order chi connectivity index (χ0) is 61.6. The predicted molar refractivity (Wildman–Crippen MR) is 357 cm³/mol. The van der Waals surface area contributed by atoms with Gasteiger partial charge in [0.05, 0.1) is 32.0 Å². The molecular weight excluding hydrogens is 1060 g/mol. The van der Waals surface area contributed by atoms with Crippen LogP contribution in [0.1, 0.15) is 373 Å². The van der Waals surface area contributed by atoms with Crippen molar-refractivity contribution in [3.63, 3.8) is 0 Å². The molecule has 1 aliphatic rings. The first-order valence-corrected chi connectivity index (χ1v) is 37.1. The van der Waals surface area contributed by atoms with Gasteiger partial charge in [-0.25, -0.2) is 0 Å². The van der Waals surface area contributed by atoms with Gasteiger partial charge in [0.1, 0.15) is 24.4 Å². The molecule has 7 atom stereocenters. The third kappa shape index (κ3) is 52.6. The number of unbranched alkanes of at least 4 members (excludes halogenated alkanes) is 50. The zero-order valence-electron chi connectivity index (χ0n) is 55.8. The first kappa shape index (κ1) is 81.2. The highest BCUT2D eigenvalue weighted by Gasteiger charge is 2.44. The fourth-order valence-corrected chi connectivity index (χ4v) is 12.0. The molecule has 1 amide bonds. The maximum absolute atomic E-state index is 13.0. The van der Waals surface area contributed by atoms with Crippen molar-refractivity contribution in [1.29, 1.82) is 0 Å². The van der Waals surface area contributed by atoms with Gasteiger partial charge in [-0.1, -0.05) is 327 Å². The summed E-state index contributed by atoms with van der Waals surface area (Å²) in [5.41, 5.74) is 0. The molecule has 7 unspecified atom stereocenters. The van der Waals surface area contributed by atoms with E-state index in [0.717, 1.165) is 57.8 Å². The molecule has 85 heavy (non-hydrogen) atoms. The van der Waals surface area contributed by atoms with Crippen molar-refractivity contribution in [2.24, 2.45) is 0 Å². The Balaban J connectivity index is 1.88. The van der Waals surface area contributed by atoms with Crippen LogP contribution in [0.3, 0.4) is 0 Å². The number of aliphatic hydroxyl groups is 5. The summed E-state index contributed by atoms with van der Waals surface area (Å²) in [5, 5.41) is 54.4. The molecule has 0 bridgehead atoms. The average molecular weight is 1200 g/mol. The molecular formula is C74H141NO10. The van der Waals surface area contributed by atoms with E-state index in [1.807, 2.05) is 6.08 Å². The average Bonchev–Trinajstić information content (AvgIpc) is 3.33. The summed E-state index contributed by atoms with van der Waals surface area (Å²) in [6, 6.07) is -0.805. The maximum Gasteiger partial charge on any atom is 0.305 e. The first-order valence-electron chi connectivity index (χ1n) is 37.1. The molecule has 0 aromatic carbocycles. The van der Waals surface area contributed by atoms with Crippen LogP contribution in [-0.2, 0) is 23.8 Å². The number of carbonyl (C=O) groups is 2. The Morgan fingerprint density at radius 3 is 1.13 bits per heavy atom. The fourth-order valence-electron chi connectivity index (χ4n) is 12.0. The summed E-state index contributed by atoms with van der Waals surface area (Å²) in [4.78, 5) is 25.1. The molecule has 0 spiro atoms. The van der Waals surface area contributed by atoms with Crippen LogP contribution in [-0.4, -0.2) is 100 Å². The largest absolute Gasteiger partial charge is 0.466 e. The van der Waals surface area contributed by atoms with Gasteiger partial charge >= 0.3 is 5.97 Å². The van der Waals surface area contributed by atoms with Gasteiger partial charge in [-0.2, -0.15) is 0 Å². The molecule has 502 valence electrons. The number of nitrogens with one attached hydrogen (secondary N) is 1. The van der Waals surface area contributed by atoms with Crippen LogP contribution >= 0.6 is 0 Å². The third-order valence-corrected chi connectivity index (χ3v) is 17.8. The highest BCUT2D eigenvalue weighted by atomic mass is 16.7. The summed E-state index contributed by atoms with van der Waals surface area (Å²) in [5.74, 6) is -0.170. The fraction of sp³-hybridized carbons (Fsp3) is 0.919. The highest BCUT2D eigenvalue weighted by Crippen LogP contribution is 2.24. The van der Waals surface area contributed by atoms with Gasteiger partial charge in [0.2, 0.25) is 5.91 Å². The summed E-state index contributed by atoms with van der Waals surface area (Å²) in [7, 11) is 0. The molecule has 1 aliphatic heterocycles. The molecule has 0 saturated carbocycles. The lowest BCUT2D eigenvalue weighted by Gasteiger charge is -2.40. The molecule has 1 fully saturated rings. The normalized spacial score (nSPS) is 18.0. The topological polar surface area (TPSA) is 175 Å². The summed E-state index contributed by atoms with van der Waals surface area (Å²) in [6.45, 7) is 4.36. The molecule has 6 N–H and O–H groups in total. The second-order valence-corrected chi connectivity index (χ2v) is 26.0. The number of aliphatic hydroxyl groups excluding tert-OH is 5. The van der Waals surface area contributed by atoms with Gasteiger partial charge in [0.15, 0.2) is 6.29 Å². The van der Waals surface area contributed by atoms with Crippen molar-refractivity contribution >= 4 is 11.9 Å². The summed E-state index contributed by atoms with van der Waals surface area (Å²) in [6.07, 6.45) is 70.6. The van der Waals surface area contributed by atoms with Gasteiger partial charge in [-0.05, 0) is 57.8 Å². The third-order valence-electron chi connectivity index (χ3n) is 17.8. The Kier molecular flexibility index (Phi) is 60.8. The number of hydrogen-bond acceptors (Lipinski definition) is 10. The van der Waals surface area contributed by atoms with E-state index in [4.69, 9.17) is 14.2 Å². The smallest absolute Gasteiger partial charge is 0.305 e. The van der Waals surface area contributed by atoms with Crippen molar-refractivity contribution in [2.45, 2.75) is 416 Å². The van der Waals surface area contributed by atoms with E-state index >= 15 is 0 Å². The molecule has 0 aromatic heterocycles. The second kappa shape index (κ2) is 63.7. The Morgan fingerprint density at radius 1 is 0.424 bits per heavy atom. The van der Waals surface area contributed by atoms with E-state index in [0.29, 0.717) is 19.4 Å². The van der Waals surface area contributed by atoms with Crippen LogP contribution in [0.15, 0.2) is 24.3 Å². The van der Waals surface area contributed by atoms with Crippen molar-refractivity contribution in [1.82, 2.24) is 5.32 Å². The van der Waals surface area contributed by atoms with Crippen molar-refractivity contribution in [3.05, 3.63) is 24.3 Å². The number of hydrogen-bond donors (Lipinski definition) is 6. The lowest BCUT2D eigenvalue weighted by Crippen LogP contribution is -2.60. The van der Waals surface area contributed by atoms with Crippen LogP contribution in [0.25, 0.3) is 0 Å². The predicted octanol–water partition coefficient (Wildman–Crippen LogP) is 19.2. The highest BCUT2D eigenvalue weighted by molar-refractivity contribution is 5.76. The van der Waals surface area contributed by atoms with E-state index in [1.54, 1.807) is 6.08 Å². The number of ether oxygens (including phenoxy) is 3. The second-order valence-electron chi connectivity index (χ2n) is 26.0. The molecule has 11 nitrogen and oxygen atoms in total. The Hall–Kier alpha value is -1.86. The molecule has 1 rings (SSSR count). The van der Waals surface area contributed by atoms with Crippen LogP contribution in [0.5, 0.6) is 0 Å². The Bertz CT molecular complexity index is 1460. The number of carbonyl (C=O) groups excluding carboxylic acids is 2. The van der Waals surface area contributed by atoms with E-state index in [9.17, 15) is 35.1 Å². The minimum Gasteiger partial charge on any atom is -0.466 e. The maximum atomic E-state index is 13.0. The molecule has 0 radical (unpaired) electrons. The minimum absolute atomic E-state index is 0.00643. The molecule has 1 heterocycles. The van der Waals surface area contributed by atoms with Crippen LogP contribution in [0.2, 0.25) is 0 Å². The zero-order valence-corrected chi connectivity index (χ0v) is 55.8. The lowest BCUT2D eigenvalue weighted by atomic mass is 9.99. The van der Waals surface area contributed by atoms with Crippen LogP contribution in [0.4, 0.5) is 0 Å². The van der Waals surface area contributed by atoms with E-state index in [2.05, 4.69) is 31.3 Å². The van der Waals surface area contributed by atoms with E-state index < -0.39 is 49.5 Å². The molecule has 0 aliphatic carbocycles. The van der Waals surface area contributed by atoms with Crippen molar-refractivity contribution < 1.29 is 49.3 Å². The number of esters is 1. The SMILES string of the molecule is CCCCCCC/C=C\CCCCCCCC(=O)OCCCCCCCCCCCCCCCCCCCCCCCCCCCCCCCCCCCC(=O)NC(COC1OC(CO)C(O)C(O)C1O)C(O)/C=C/CCCCCCCCCC. The minimum atomic E-state index is -1.57. The molecule has 11 heteroatoms. The Morgan fingerprint density at radius 2 is 0.753 bits per heavy atom. The van der Waals surface area contributed by atoms with Crippen LogP contribution in [0, 0.1) is 0 Å². The van der Waals surface area contributed by atoms with E-state index in [-0.39, 0.29) is 18.5 Å².